The molecular formula is C17H26N2O3S. The second kappa shape index (κ2) is 7.45. The van der Waals surface area contributed by atoms with Crippen molar-refractivity contribution in [3.8, 4) is 0 Å². The van der Waals surface area contributed by atoms with Crippen molar-refractivity contribution < 1.29 is 13.2 Å². The van der Waals surface area contributed by atoms with Gasteiger partial charge in [-0.1, -0.05) is 43.7 Å². The summed E-state index contributed by atoms with van der Waals surface area (Å²) in [4.78, 5) is 14.2. The van der Waals surface area contributed by atoms with Crippen molar-refractivity contribution in [3.63, 3.8) is 0 Å². The van der Waals surface area contributed by atoms with Gasteiger partial charge in [0, 0.05) is 20.1 Å². The van der Waals surface area contributed by atoms with Crippen LogP contribution in [-0.4, -0.2) is 56.5 Å². The van der Waals surface area contributed by atoms with E-state index >= 15 is 0 Å². The minimum Gasteiger partial charge on any atom is -0.341 e. The summed E-state index contributed by atoms with van der Waals surface area (Å²) in [6.45, 7) is 3.46. The SMILES string of the molecule is CC[C@H]1CN(C(=O)CN(C)S(C)(=O)=O)CC[C@H]1c1ccccc1. The van der Waals surface area contributed by atoms with Crippen molar-refractivity contribution in [2.45, 2.75) is 25.7 Å². The van der Waals surface area contributed by atoms with Gasteiger partial charge in [0.1, 0.15) is 0 Å². The summed E-state index contributed by atoms with van der Waals surface area (Å²) in [5.74, 6) is 0.777. The number of carbonyl (C=O) groups excluding carboxylic acids is 1. The predicted octanol–water partition coefficient (Wildman–Crippen LogP) is 1.92. The van der Waals surface area contributed by atoms with Crippen LogP contribution in [0.5, 0.6) is 0 Å². The van der Waals surface area contributed by atoms with E-state index in [-0.39, 0.29) is 12.5 Å². The Bertz CT molecular complexity index is 630. The number of rotatable bonds is 5. The molecule has 2 atom stereocenters. The molecule has 23 heavy (non-hydrogen) atoms. The molecule has 0 N–H and O–H groups in total. The lowest BCUT2D eigenvalue weighted by molar-refractivity contribution is -0.133. The summed E-state index contributed by atoms with van der Waals surface area (Å²) in [5, 5.41) is 0. The number of benzene rings is 1. The van der Waals surface area contributed by atoms with Crippen molar-refractivity contribution in [1.29, 1.82) is 0 Å². The monoisotopic (exact) mass is 338 g/mol. The van der Waals surface area contributed by atoms with Crippen LogP contribution < -0.4 is 0 Å². The van der Waals surface area contributed by atoms with Gasteiger partial charge in [-0.3, -0.25) is 4.79 Å². The summed E-state index contributed by atoms with van der Waals surface area (Å²) in [6.07, 6.45) is 3.05. The lowest BCUT2D eigenvalue weighted by atomic mass is 9.79. The molecule has 0 spiro atoms. The number of likely N-dealkylation sites (tertiary alicyclic amines) is 1. The molecule has 0 saturated carbocycles. The highest BCUT2D eigenvalue weighted by Gasteiger charge is 2.32. The minimum atomic E-state index is -3.32. The third-order valence-corrected chi connectivity index (χ3v) is 6.02. The number of amides is 1. The molecule has 6 heteroatoms. The standard InChI is InChI=1S/C17H26N2O3S/c1-4-14-12-19(17(20)13-18(2)23(3,21)22)11-10-16(14)15-8-6-5-7-9-15/h5-9,14,16H,4,10-13H2,1-3H3/t14-,16+/m0/s1. The molecular weight excluding hydrogens is 312 g/mol. The van der Waals surface area contributed by atoms with Crippen LogP contribution in [0, 0.1) is 5.92 Å². The molecule has 0 aromatic heterocycles. The van der Waals surface area contributed by atoms with Crippen LogP contribution in [0.1, 0.15) is 31.2 Å². The van der Waals surface area contributed by atoms with E-state index in [1.807, 2.05) is 11.0 Å². The van der Waals surface area contributed by atoms with E-state index in [9.17, 15) is 13.2 Å². The first-order chi connectivity index (χ1) is 10.8. The van der Waals surface area contributed by atoms with Crippen LogP contribution in [0.15, 0.2) is 30.3 Å². The Morgan fingerprint density at radius 3 is 2.52 bits per heavy atom. The normalized spacial score (nSPS) is 22.3. The zero-order chi connectivity index (χ0) is 17.0. The van der Waals surface area contributed by atoms with Crippen molar-refractivity contribution >= 4 is 15.9 Å². The molecule has 5 nitrogen and oxygen atoms in total. The molecule has 0 aliphatic carbocycles. The number of hydrogen-bond donors (Lipinski definition) is 0. The Balaban J connectivity index is 2.02. The lowest BCUT2D eigenvalue weighted by Crippen LogP contribution is -2.47. The Morgan fingerprint density at radius 1 is 1.30 bits per heavy atom. The van der Waals surface area contributed by atoms with E-state index in [1.54, 1.807) is 0 Å². The number of carbonyl (C=O) groups is 1. The van der Waals surface area contributed by atoms with Crippen LogP contribution >= 0.6 is 0 Å². The average molecular weight is 338 g/mol. The minimum absolute atomic E-state index is 0.0781. The maximum Gasteiger partial charge on any atom is 0.237 e. The smallest absolute Gasteiger partial charge is 0.237 e. The van der Waals surface area contributed by atoms with Crippen LogP contribution in [0.25, 0.3) is 0 Å². The van der Waals surface area contributed by atoms with Gasteiger partial charge in [0.25, 0.3) is 0 Å². The van der Waals surface area contributed by atoms with Crippen molar-refractivity contribution in [3.05, 3.63) is 35.9 Å². The number of piperidine rings is 1. The molecule has 0 bridgehead atoms. The molecule has 1 aromatic rings. The number of nitrogens with zero attached hydrogens (tertiary/aromatic N) is 2. The van der Waals surface area contributed by atoms with Gasteiger partial charge in [-0.15, -0.1) is 0 Å². The third-order valence-electron chi connectivity index (χ3n) is 4.76. The van der Waals surface area contributed by atoms with Gasteiger partial charge < -0.3 is 4.90 Å². The van der Waals surface area contributed by atoms with E-state index in [0.29, 0.717) is 24.9 Å². The summed E-state index contributed by atoms with van der Waals surface area (Å²) in [6, 6.07) is 10.4. The van der Waals surface area contributed by atoms with Crippen molar-refractivity contribution in [2.24, 2.45) is 5.92 Å². The van der Waals surface area contributed by atoms with Gasteiger partial charge in [-0.05, 0) is 23.8 Å². The maximum absolute atomic E-state index is 12.4. The molecule has 1 aliphatic rings. The fraction of sp³-hybridized carbons (Fsp3) is 0.588. The first-order valence-corrected chi connectivity index (χ1v) is 9.91. The summed E-state index contributed by atoms with van der Waals surface area (Å²) < 4.78 is 24.0. The fourth-order valence-electron chi connectivity index (χ4n) is 3.22. The summed E-state index contributed by atoms with van der Waals surface area (Å²) in [7, 11) is -1.88. The molecule has 1 amide bonds. The zero-order valence-corrected chi connectivity index (χ0v) is 14.9. The number of hydrogen-bond acceptors (Lipinski definition) is 3. The maximum atomic E-state index is 12.4. The Hall–Kier alpha value is -1.40. The second-order valence-corrected chi connectivity index (χ2v) is 8.42. The quantitative estimate of drug-likeness (QED) is 0.824. The van der Waals surface area contributed by atoms with Crippen LogP contribution in [-0.2, 0) is 14.8 Å². The lowest BCUT2D eigenvalue weighted by Gasteiger charge is -2.39. The van der Waals surface area contributed by atoms with Gasteiger partial charge >= 0.3 is 0 Å². The first-order valence-electron chi connectivity index (χ1n) is 8.07. The first kappa shape index (κ1) is 17.9. The molecule has 128 valence electrons. The summed E-state index contributed by atoms with van der Waals surface area (Å²) >= 11 is 0. The number of likely N-dealkylation sites (N-methyl/N-ethyl adjacent to an activating group) is 1. The average Bonchev–Trinajstić information content (AvgIpc) is 2.54. The molecule has 0 radical (unpaired) electrons. The highest BCUT2D eigenvalue weighted by Crippen LogP contribution is 2.34. The Morgan fingerprint density at radius 2 is 1.96 bits per heavy atom. The highest BCUT2D eigenvalue weighted by molar-refractivity contribution is 7.88. The number of sulfonamides is 1. The molecule has 2 rings (SSSR count). The molecule has 1 aromatic carbocycles. The Labute approximate surface area is 139 Å². The van der Waals surface area contributed by atoms with Crippen molar-refractivity contribution in [2.75, 3.05) is 32.9 Å². The predicted molar refractivity (Wildman–Crippen MR) is 91.6 cm³/mol. The van der Waals surface area contributed by atoms with E-state index in [0.717, 1.165) is 23.4 Å². The van der Waals surface area contributed by atoms with Crippen LogP contribution in [0.2, 0.25) is 0 Å². The molecule has 1 fully saturated rings. The molecule has 0 unspecified atom stereocenters. The van der Waals surface area contributed by atoms with E-state index < -0.39 is 10.0 Å². The highest BCUT2D eigenvalue weighted by atomic mass is 32.2. The van der Waals surface area contributed by atoms with E-state index in [1.165, 1.54) is 12.6 Å². The Kier molecular flexibility index (Phi) is 5.81. The molecule has 1 saturated heterocycles. The van der Waals surface area contributed by atoms with Crippen molar-refractivity contribution in [1.82, 2.24) is 9.21 Å². The van der Waals surface area contributed by atoms with Crippen LogP contribution in [0.3, 0.4) is 0 Å². The third kappa shape index (κ3) is 4.54. The fourth-order valence-corrected chi connectivity index (χ4v) is 3.56. The van der Waals surface area contributed by atoms with E-state index in [2.05, 4.69) is 31.2 Å². The van der Waals surface area contributed by atoms with Gasteiger partial charge in [-0.25, -0.2) is 8.42 Å². The van der Waals surface area contributed by atoms with E-state index in [4.69, 9.17) is 0 Å². The summed E-state index contributed by atoms with van der Waals surface area (Å²) in [5.41, 5.74) is 1.33. The van der Waals surface area contributed by atoms with Crippen LogP contribution in [0.4, 0.5) is 0 Å². The topological polar surface area (TPSA) is 57.7 Å². The van der Waals surface area contributed by atoms with Gasteiger partial charge in [-0.2, -0.15) is 4.31 Å². The van der Waals surface area contributed by atoms with Gasteiger partial charge in [0.05, 0.1) is 12.8 Å². The van der Waals surface area contributed by atoms with Gasteiger partial charge in [0.15, 0.2) is 0 Å². The second-order valence-electron chi connectivity index (χ2n) is 6.33. The molecule has 1 heterocycles. The largest absolute Gasteiger partial charge is 0.341 e. The zero-order valence-electron chi connectivity index (χ0n) is 14.1. The molecule has 1 aliphatic heterocycles. The van der Waals surface area contributed by atoms with Gasteiger partial charge in [0.2, 0.25) is 15.9 Å².